The van der Waals surface area contributed by atoms with Crippen LogP contribution in [0.5, 0.6) is 0 Å². The van der Waals surface area contributed by atoms with Crippen molar-refractivity contribution in [3.05, 3.63) is 48.0 Å². The van der Waals surface area contributed by atoms with Crippen LogP contribution in [0.2, 0.25) is 0 Å². The van der Waals surface area contributed by atoms with Crippen molar-refractivity contribution in [1.29, 1.82) is 0 Å². The number of nitrogens with zero attached hydrogens (tertiary/aromatic N) is 3. The maximum atomic E-state index is 13.1. The molecule has 9 nitrogen and oxygen atoms in total. The van der Waals surface area contributed by atoms with Gasteiger partial charge in [-0.2, -0.15) is 5.10 Å². The Labute approximate surface area is 224 Å². The molecule has 0 aliphatic heterocycles. The van der Waals surface area contributed by atoms with Crippen LogP contribution in [0, 0.1) is 5.92 Å². The highest BCUT2D eigenvalue weighted by atomic mass is 16.5. The number of hydrogen-bond acceptors (Lipinski definition) is 6. The molecule has 1 aliphatic rings. The summed E-state index contributed by atoms with van der Waals surface area (Å²) in [7, 11) is 0. The Bertz CT molecular complexity index is 1240. The van der Waals surface area contributed by atoms with Crippen LogP contribution >= 0.6 is 0 Å². The van der Waals surface area contributed by atoms with E-state index in [1.54, 1.807) is 4.68 Å². The molecule has 9 heteroatoms. The van der Waals surface area contributed by atoms with Crippen LogP contribution in [0.4, 0.5) is 0 Å². The second-order valence-electron chi connectivity index (χ2n) is 10.3. The monoisotopic (exact) mass is 521 g/mol. The molecule has 1 aromatic carbocycles. The van der Waals surface area contributed by atoms with Crippen molar-refractivity contribution in [2.75, 3.05) is 6.61 Å². The summed E-state index contributed by atoms with van der Waals surface area (Å²) in [6.45, 7) is 11.0. The second kappa shape index (κ2) is 12.4. The van der Waals surface area contributed by atoms with Crippen LogP contribution in [0.1, 0.15) is 81.3 Å². The van der Waals surface area contributed by atoms with E-state index in [1.807, 2.05) is 58.0 Å². The Hall–Kier alpha value is -3.46. The highest BCUT2D eigenvalue weighted by Gasteiger charge is 2.30. The van der Waals surface area contributed by atoms with Gasteiger partial charge in [-0.3, -0.25) is 14.3 Å². The number of carbonyl (C=O) groups excluding carboxylic acids is 2. The molecule has 0 radical (unpaired) electrons. The van der Waals surface area contributed by atoms with E-state index in [4.69, 9.17) is 14.3 Å². The minimum atomic E-state index is -0.271. The molecule has 3 aromatic rings. The highest BCUT2D eigenvalue weighted by Crippen LogP contribution is 2.32. The molecule has 4 rings (SSSR count). The summed E-state index contributed by atoms with van der Waals surface area (Å²) in [6, 6.07) is 9.63. The molecule has 0 spiro atoms. The molecule has 1 aliphatic carbocycles. The molecule has 2 N–H and O–H groups in total. The number of rotatable bonds is 13. The summed E-state index contributed by atoms with van der Waals surface area (Å²) >= 11 is 0. The van der Waals surface area contributed by atoms with E-state index in [9.17, 15) is 9.59 Å². The van der Waals surface area contributed by atoms with Crippen LogP contribution in [0.15, 0.2) is 40.9 Å². The lowest BCUT2D eigenvalue weighted by Gasteiger charge is -2.14. The molecule has 0 saturated heterocycles. The van der Waals surface area contributed by atoms with E-state index in [2.05, 4.69) is 22.5 Å². The first-order chi connectivity index (χ1) is 18.3. The van der Waals surface area contributed by atoms with E-state index < -0.39 is 0 Å². The minimum Gasteiger partial charge on any atom is -0.431 e. The highest BCUT2D eigenvalue weighted by molar-refractivity contribution is 5.94. The topological polar surface area (TPSA) is 111 Å². The van der Waals surface area contributed by atoms with Crippen molar-refractivity contribution < 1.29 is 18.7 Å². The van der Waals surface area contributed by atoms with Gasteiger partial charge in [0.15, 0.2) is 0 Å². The van der Waals surface area contributed by atoms with Crippen LogP contribution in [-0.2, 0) is 11.3 Å². The van der Waals surface area contributed by atoms with Crippen molar-refractivity contribution in [3.63, 3.8) is 0 Å². The first kappa shape index (κ1) is 27.6. The van der Waals surface area contributed by atoms with Gasteiger partial charge in [-0.05, 0) is 70.6 Å². The van der Waals surface area contributed by atoms with Crippen molar-refractivity contribution in [2.45, 2.75) is 85.0 Å². The average molecular weight is 522 g/mol. The van der Waals surface area contributed by atoms with Gasteiger partial charge >= 0.3 is 0 Å². The van der Waals surface area contributed by atoms with Gasteiger partial charge < -0.3 is 19.8 Å². The summed E-state index contributed by atoms with van der Waals surface area (Å²) in [5.74, 6) is 0.674. The molecular weight excluding hydrogens is 482 g/mol. The lowest BCUT2D eigenvalue weighted by molar-refractivity contribution is 0.0698. The van der Waals surface area contributed by atoms with Gasteiger partial charge in [-0.15, -0.1) is 0 Å². The first-order valence-electron chi connectivity index (χ1n) is 13.7. The summed E-state index contributed by atoms with van der Waals surface area (Å²) in [5.41, 5.74) is 2.70. The zero-order chi connectivity index (χ0) is 27.2. The first-order valence-corrected chi connectivity index (χ1v) is 13.7. The van der Waals surface area contributed by atoms with Crippen LogP contribution in [0.3, 0.4) is 0 Å². The Kier molecular flexibility index (Phi) is 8.99. The summed E-state index contributed by atoms with van der Waals surface area (Å²) in [4.78, 5) is 30.0. The Morgan fingerprint density at radius 3 is 2.50 bits per heavy atom. The third-order valence-corrected chi connectivity index (χ3v) is 6.91. The van der Waals surface area contributed by atoms with Crippen molar-refractivity contribution in [3.8, 4) is 22.7 Å². The maximum absolute atomic E-state index is 13.1. The number of hydrogen-bond donors (Lipinski definition) is 2. The number of nitrogens with one attached hydrogen (secondary N) is 2. The largest absolute Gasteiger partial charge is 0.431 e. The van der Waals surface area contributed by atoms with E-state index in [0.717, 1.165) is 36.8 Å². The fourth-order valence-electron chi connectivity index (χ4n) is 4.35. The number of amides is 2. The molecule has 0 unspecified atom stereocenters. The number of ether oxygens (including phenoxy) is 1. The molecule has 2 aromatic heterocycles. The van der Waals surface area contributed by atoms with E-state index in [0.29, 0.717) is 36.3 Å². The molecule has 2 amide bonds. The molecule has 2 heterocycles. The SMILES string of the molecule is CCC(CC)NC(=O)c1cnc(-c2cccc(-c3cc(C(=O)N[C@@H](C)C4CC4)n(CCOC(C)C)n3)c2)o1. The smallest absolute Gasteiger partial charge is 0.288 e. The fourth-order valence-corrected chi connectivity index (χ4v) is 4.35. The van der Waals surface area contributed by atoms with Gasteiger partial charge in [-0.25, -0.2) is 4.98 Å². The van der Waals surface area contributed by atoms with E-state index >= 15 is 0 Å². The van der Waals surface area contributed by atoms with Crippen molar-refractivity contribution >= 4 is 11.8 Å². The molecule has 1 atom stereocenters. The summed E-state index contributed by atoms with van der Waals surface area (Å²) < 4.78 is 13.2. The van der Waals surface area contributed by atoms with Gasteiger partial charge in [-0.1, -0.05) is 26.0 Å². The third kappa shape index (κ3) is 6.89. The molecule has 1 fully saturated rings. The second-order valence-corrected chi connectivity index (χ2v) is 10.3. The third-order valence-electron chi connectivity index (χ3n) is 6.91. The number of aromatic nitrogens is 3. The number of benzene rings is 1. The van der Waals surface area contributed by atoms with Crippen molar-refractivity contribution in [2.24, 2.45) is 5.92 Å². The van der Waals surface area contributed by atoms with Crippen LogP contribution in [-0.4, -0.2) is 51.4 Å². The van der Waals surface area contributed by atoms with E-state index in [-0.39, 0.29) is 35.8 Å². The van der Waals surface area contributed by atoms with Crippen LogP contribution in [0.25, 0.3) is 22.7 Å². The van der Waals surface area contributed by atoms with Gasteiger partial charge in [0.05, 0.1) is 31.1 Å². The molecule has 38 heavy (non-hydrogen) atoms. The molecular formula is C29H39N5O4. The minimum absolute atomic E-state index is 0.0940. The quantitative estimate of drug-likeness (QED) is 0.325. The number of carbonyl (C=O) groups is 2. The predicted octanol–water partition coefficient (Wildman–Crippen LogP) is 5.08. The van der Waals surface area contributed by atoms with E-state index in [1.165, 1.54) is 6.20 Å². The Balaban J connectivity index is 1.56. The average Bonchev–Trinajstić information content (AvgIpc) is 3.48. The maximum Gasteiger partial charge on any atom is 0.288 e. The van der Waals surface area contributed by atoms with Gasteiger partial charge in [0, 0.05) is 23.2 Å². The summed E-state index contributed by atoms with van der Waals surface area (Å²) in [6.07, 6.45) is 5.55. The Morgan fingerprint density at radius 2 is 1.82 bits per heavy atom. The molecule has 0 bridgehead atoms. The normalized spacial score (nSPS) is 14.2. The van der Waals surface area contributed by atoms with Gasteiger partial charge in [0.1, 0.15) is 5.69 Å². The lowest BCUT2D eigenvalue weighted by Crippen LogP contribution is -2.35. The van der Waals surface area contributed by atoms with Gasteiger partial charge in [0.25, 0.3) is 11.8 Å². The zero-order valence-corrected chi connectivity index (χ0v) is 23.0. The molecule has 1 saturated carbocycles. The number of oxazole rings is 1. The van der Waals surface area contributed by atoms with Gasteiger partial charge in [0.2, 0.25) is 11.7 Å². The fraction of sp³-hybridized carbons (Fsp3) is 0.517. The summed E-state index contributed by atoms with van der Waals surface area (Å²) in [5, 5.41) is 10.8. The van der Waals surface area contributed by atoms with Crippen LogP contribution < -0.4 is 10.6 Å². The zero-order valence-electron chi connectivity index (χ0n) is 23.0. The predicted molar refractivity (Wildman–Crippen MR) is 146 cm³/mol. The molecule has 204 valence electrons. The Morgan fingerprint density at radius 1 is 1.08 bits per heavy atom. The van der Waals surface area contributed by atoms with Crippen molar-refractivity contribution in [1.82, 2.24) is 25.4 Å². The standard InChI is InChI=1S/C29H39N5O4/c1-6-23(7-2)32-28(36)26-17-30-29(38-26)22-10-8-9-21(15-22)24-16-25(27(35)31-19(5)20-11-12-20)34(33-24)13-14-37-18(3)4/h8-10,15-20,23H,6-7,11-14H2,1-5H3,(H,31,35)(H,32,36)/t19-/m0/s1. The lowest BCUT2D eigenvalue weighted by atomic mass is 10.1.